The van der Waals surface area contributed by atoms with Crippen LogP contribution in [-0.2, 0) is 10.0 Å². The van der Waals surface area contributed by atoms with E-state index in [9.17, 15) is 23.5 Å². The molecule has 3 rings (SSSR count). The molecule has 0 atom stereocenters. The molecule has 1 amide bonds. The molecular formula is C16H17N3O5S. The molecule has 0 spiro atoms. The van der Waals surface area contributed by atoms with E-state index in [0.717, 1.165) is 12.8 Å². The van der Waals surface area contributed by atoms with Gasteiger partial charge in [0.05, 0.1) is 16.1 Å². The Bertz CT molecular complexity index is 890. The van der Waals surface area contributed by atoms with Crippen molar-refractivity contribution >= 4 is 21.6 Å². The largest absolute Gasteiger partial charge is 0.619 e. The molecule has 1 aliphatic heterocycles. The van der Waals surface area contributed by atoms with E-state index in [0.29, 0.717) is 17.8 Å². The van der Waals surface area contributed by atoms with Crippen molar-refractivity contribution in [1.82, 2.24) is 4.31 Å². The van der Waals surface area contributed by atoms with E-state index >= 15 is 0 Å². The Labute approximate surface area is 145 Å². The Morgan fingerprint density at radius 1 is 1.16 bits per heavy atom. The van der Waals surface area contributed by atoms with Gasteiger partial charge in [-0.2, -0.15) is 9.04 Å². The summed E-state index contributed by atoms with van der Waals surface area (Å²) in [6.45, 7) is 0.925. The van der Waals surface area contributed by atoms with Gasteiger partial charge in [0.1, 0.15) is 5.75 Å². The number of nitrogens with one attached hydrogen (secondary N) is 1. The van der Waals surface area contributed by atoms with Crippen LogP contribution in [0.4, 0.5) is 5.69 Å². The van der Waals surface area contributed by atoms with Gasteiger partial charge in [0.25, 0.3) is 5.91 Å². The minimum Gasteiger partial charge on any atom is -0.619 e. The number of nitrogens with zero attached hydrogens (tertiary/aromatic N) is 2. The Morgan fingerprint density at radius 2 is 1.80 bits per heavy atom. The van der Waals surface area contributed by atoms with E-state index in [1.165, 1.54) is 47.0 Å². The van der Waals surface area contributed by atoms with Crippen LogP contribution in [0.3, 0.4) is 0 Å². The number of sulfonamides is 1. The molecule has 1 saturated heterocycles. The molecule has 2 aromatic rings. The summed E-state index contributed by atoms with van der Waals surface area (Å²) in [4.78, 5) is 12.2. The van der Waals surface area contributed by atoms with Gasteiger partial charge in [0.2, 0.25) is 10.0 Å². The van der Waals surface area contributed by atoms with Gasteiger partial charge in [-0.25, -0.2) is 8.42 Å². The standard InChI is InChI=1S/C16H17N3O5S/c20-15-4-3-13(25(23,24)19-7-1-2-8-19)11-14(15)17-16(21)12-5-9-18(22)10-6-12/h3-6,9-11,20H,1-2,7-8H2,(H,17,21). The highest BCUT2D eigenvalue weighted by Crippen LogP contribution is 2.29. The number of amides is 1. The lowest BCUT2D eigenvalue weighted by Gasteiger charge is -2.16. The Morgan fingerprint density at radius 3 is 2.44 bits per heavy atom. The number of phenols is 1. The third-order valence-corrected chi connectivity index (χ3v) is 5.88. The Hall–Kier alpha value is -2.65. The zero-order valence-electron chi connectivity index (χ0n) is 13.3. The van der Waals surface area contributed by atoms with Crippen LogP contribution in [0.25, 0.3) is 0 Å². The zero-order chi connectivity index (χ0) is 18.0. The normalized spacial score (nSPS) is 15.2. The van der Waals surface area contributed by atoms with Crippen molar-refractivity contribution in [3.63, 3.8) is 0 Å². The molecule has 2 N–H and O–H groups in total. The number of hydrogen-bond donors (Lipinski definition) is 2. The maximum absolute atomic E-state index is 12.6. The number of carbonyl (C=O) groups excluding carboxylic acids is 1. The predicted octanol–water partition coefficient (Wildman–Crippen LogP) is 1.06. The lowest BCUT2D eigenvalue weighted by Crippen LogP contribution is -2.28. The van der Waals surface area contributed by atoms with Crippen LogP contribution >= 0.6 is 0 Å². The van der Waals surface area contributed by atoms with Crippen molar-refractivity contribution in [3.8, 4) is 5.75 Å². The van der Waals surface area contributed by atoms with E-state index in [4.69, 9.17) is 0 Å². The first kappa shape index (κ1) is 17.2. The van der Waals surface area contributed by atoms with Crippen molar-refractivity contribution in [2.24, 2.45) is 0 Å². The van der Waals surface area contributed by atoms with E-state index in [-0.39, 0.29) is 21.9 Å². The van der Waals surface area contributed by atoms with Crippen LogP contribution in [0.15, 0.2) is 47.6 Å². The monoisotopic (exact) mass is 363 g/mol. The second-order valence-corrected chi connectivity index (χ2v) is 7.63. The van der Waals surface area contributed by atoms with Gasteiger partial charge in [0, 0.05) is 25.2 Å². The van der Waals surface area contributed by atoms with Gasteiger partial charge in [-0.15, -0.1) is 0 Å². The quantitative estimate of drug-likeness (QED) is 0.479. The molecule has 8 nitrogen and oxygen atoms in total. The molecule has 1 fully saturated rings. The summed E-state index contributed by atoms with van der Waals surface area (Å²) >= 11 is 0. The molecule has 0 saturated carbocycles. The minimum atomic E-state index is -3.66. The summed E-state index contributed by atoms with van der Waals surface area (Å²) in [6, 6.07) is 6.42. The molecule has 0 unspecified atom stereocenters. The second-order valence-electron chi connectivity index (χ2n) is 5.69. The van der Waals surface area contributed by atoms with E-state index in [2.05, 4.69) is 5.32 Å². The van der Waals surface area contributed by atoms with E-state index < -0.39 is 15.9 Å². The zero-order valence-corrected chi connectivity index (χ0v) is 14.1. The maximum Gasteiger partial charge on any atom is 0.256 e. The molecule has 1 aromatic heterocycles. The Kier molecular flexibility index (Phi) is 4.60. The van der Waals surface area contributed by atoms with Crippen molar-refractivity contribution < 1.29 is 23.0 Å². The summed E-state index contributed by atoms with van der Waals surface area (Å²) < 4.78 is 27.1. The molecule has 1 aromatic carbocycles. The van der Waals surface area contributed by atoms with Crippen LogP contribution in [0.1, 0.15) is 23.2 Å². The highest BCUT2D eigenvalue weighted by atomic mass is 32.2. The Balaban J connectivity index is 1.87. The van der Waals surface area contributed by atoms with E-state index in [1.54, 1.807) is 0 Å². The summed E-state index contributed by atoms with van der Waals surface area (Å²) in [5.74, 6) is -0.810. The average Bonchev–Trinajstić information content (AvgIpc) is 3.12. The first-order chi connectivity index (χ1) is 11.9. The van der Waals surface area contributed by atoms with Gasteiger partial charge in [0.15, 0.2) is 12.4 Å². The lowest BCUT2D eigenvalue weighted by atomic mass is 10.2. The number of aromatic nitrogens is 1. The van der Waals surface area contributed by atoms with Crippen LogP contribution in [0, 0.1) is 5.21 Å². The van der Waals surface area contributed by atoms with Gasteiger partial charge in [-0.3, -0.25) is 4.79 Å². The summed E-state index contributed by atoms with van der Waals surface area (Å²) in [7, 11) is -3.66. The SMILES string of the molecule is O=C(Nc1cc(S(=O)(=O)N2CCCC2)ccc1O)c1cc[n+]([O-])cc1. The maximum atomic E-state index is 12.6. The molecule has 0 aliphatic carbocycles. The average molecular weight is 363 g/mol. The number of pyridine rings is 1. The summed E-state index contributed by atoms with van der Waals surface area (Å²) in [5, 5.41) is 23.4. The molecule has 0 radical (unpaired) electrons. The molecule has 25 heavy (non-hydrogen) atoms. The number of aromatic hydroxyl groups is 1. The number of anilines is 1. The smallest absolute Gasteiger partial charge is 0.256 e. The van der Waals surface area contributed by atoms with Crippen molar-refractivity contribution in [2.75, 3.05) is 18.4 Å². The van der Waals surface area contributed by atoms with Crippen LogP contribution in [0.5, 0.6) is 5.75 Å². The van der Waals surface area contributed by atoms with Gasteiger partial charge >= 0.3 is 0 Å². The van der Waals surface area contributed by atoms with Gasteiger partial charge < -0.3 is 15.6 Å². The summed E-state index contributed by atoms with van der Waals surface area (Å²) in [6.07, 6.45) is 3.97. The minimum absolute atomic E-state index is 0.00737. The molecule has 1 aliphatic rings. The molecule has 132 valence electrons. The van der Waals surface area contributed by atoms with Crippen molar-refractivity contribution in [3.05, 3.63) is 53.5 Å². The topological polar surface area (TPSA) is 114 Å². The van der Waals surface area contributed by atoms with Gasteiger partial charge in [-0.05, 0) is 31.0 Å². The highest BCUT2D eigenvalue weighted by molar-refractivity contribution is 7.89. The molecule has 9 heteroatoms. The third kappa shape index (κ3) is 3.57. The van der Waals surface area contributed by atoms with Crippen molar-refractivity contribution in [1.29, 1.82) is 0 Å². The first-order valence-electron chi connectivity index (χ1n) is 7.71. The summed E-state index contributed by atoms with van der Waals surface area (Å²) in [5.41, 5.74) is 0.198. The number of benzene rings is 1. The second kappa shape index (κ2) is 6.69. The first-order valence-corrected chi connectivity index (χ1v) is 9.15. The van der Waals surface area contributed by atoms with Crippen LogP contribution in [-0.4, -0.2) is 36.8 Å². The number of rotatable bonds is 4. The fourth-order valence-electron chi connectivity index (χ4n) is 2.61. The number of carbonyl (C=O) groups is 1. The molecule has 0 bridgehead atoms. The fraction of sp³-hybridized carbons (Fsp3) is 0.250. The third-order valence-electron chi connectivity index (χ3n) is 3.98. The predicted molar refractivity (Wildman–Crippen MR) is 89.5 cm³/mol. The van der Waals surface area contributed by atoms with Crippen LogP contribution < -0.4 is 10.0 Å². The van der Waals surface area contributed by atoms with Crippen LogP contribution in [0.2, 0.25) is 0 Å². The highest BCUT2D eigenvalue weighted by Gasteiger charge is 2.28. The molecular weight excluding hydrogens is 346 g/mol. The fourth-order valence-corrected chi connectivity index (χ4v) is 4.16. The van der Waals surface area contributed by atoms with Crippen molar-refractivity contribution in [2.45, 2.75) is 17.7 Å². The number of hydrogen-bond acceptors (Lipinski definition) is 5. The van der Waals surface area contributed by atoms with Gasteiger partial charge in [-0.1, -0.05) is 0 Å². The lowest BCUT2D eigenvalue weighted by molar-refractivity contribution is -0.605. The van der Waals surface area contributed by atoms with E-state index in [1.807, 2.05) is 0 Å². The molecule has 2 heterocycles. The number of phenolic OH excluding ortho intramolecular Hbond substituents is 1.